The fourth-order valence-corrected chi connectivity index (χ4v) is 2.88. The Morgan fingerprint density at radius 3 is 2.70 bits per heavy atom. The zero-order chi connectivity index (χ0) is 16.6. The maximum atomic E-state index is 12.7. The summed E-state index contributed by atoms with van der Waals surface area (Å²) in [5.41, 5.74) is 0.561. The van der Waals surface area contributed by atoms with Crippen LogP contribution in [0.2, 0.25) is 5.02 Å². The molecular formula is C14H14ClF3N4O. The van der Waals surface area contributed by atoms with Crippen molar-refractivity contribution < 1.29 is 18.3 Å². The van der Waals surface area contributed by atoms with Crippen LogP contribution >= 0.6 is 11.6 Å². The molecule has 0 atom stereocenters. The zero-order valence-corrected chi connectivity index (χ0v) is 12.8. The Kier molecular flexibility index (Phi) is 4.20. The summed E-state index contributed by atoms with van der Waals surface area (Å²) < 4.78 is 39.9. The fraction of sp³-hybridized carbons (Fsp3) is 0.429. The molecule has 0 unspecified atom stereocenters. The van der Waals surface area contributed by atoms with Crippen molar-refractivity contribution in [3.63, 3.8) is 0 Å². The number of anilines is 1. The summed E-state index contributed by atoms with van der Waals surface area (Å²) in [7, 11) is 0. The Labute approximate surface area is 135 Å². The molecule has 0 saturated heterocycles. The van der Waals surface area contributed by atoms with E-state index < -0.39 is 11.7 Å². The summed E-state index contributed by atoms with van der Waals surface area (Å²) in [6.45, 7) is 1.55. The van der Waals surface area contributed by atoms with Gasteiger partial charge in [0.05, 0.1) is 35.1 Å². The van der Waals surface area contributed by atoms with Crippen LogP contribution in [0, 0.1) is 0 Å². The van der Waals surface area contributed by atoms with Gasteiger partial charge in [-0.2, -0.15) is 18.3 Å². The number of alkyl halides is 3. The van der Waals surface area contributed by atoms with Crippen LogP contribution < -0.4 is 4.90 Å². The van der Waals surface area contributed by atoms with E-state index in [9.17, 15) is 13.2 Å². The van der Waals surface area contributed by atoms with E-state index in [1.54, 1.807) is 10.7 Å². The minimum atomic E-state index is -4.47. The molecule has 2 aromatic heterocycles. The molecule has 1 aliphatic heterocycles. The Balaban J connectivity index is 1.89. The van der Waals surface area contributed by atoms with Crippen molar-refractivity contribution in [1.29, 1.82) is 0 Å². The average molecular weight is 347 g/mol. The Morgan fingerprint density at radius 1 is 1.26 bits per heavy atom. The molecule has 2 aromatic rings. The van der Waals surface area contributed by atoms with Gasteiger partial charge in [0.1, 0.15) is 5.82 Å². The first-order valence-electron chi connectivity index (χ1n) is 7.02. The second kappa shape index (κ2) is 6.01. The molecule has 1 aliphatic rings. The lowest BCUT2D eigenvalue weighted by Gasteiger charge is -2.22. The number of nitrogens with zero attached hydrogens (tertiary/aromatic N) is 4. The number of rotatable bonds is 2. The number of aryl methyl sites for hydroxylation is 1. The number of aliphatic hydroxyl groups is 1. The van der Waals surface area contributed by atoms with Crippen LogP contribution in [0.5, 0.6) is 0 Å². The van der Waals surface area contributed by atoms with E-state index in [2.05, 4.69) is 10.1 Å². The average Bonchev–Trinajstić information content (AvgIpc) is 2.77. The van der Waals surface area contributed by atoms with Crippen molar-refractivity contribution in [2.75, 3.05) is 11.4 Å². The molecule has 1 N–H and O–H groups in total. The van der Waals surface area contributed by atoms with Gasteiger partial charge >= 0.3 is 6.18 Å². The number of pyridine rings is 1. The normalized spacial score (nSPS) is 15.4. The minimum Gasteiger partial charge on any atom is -0.390 e. The Hall–Kier alpha value is -1.80. The molecule has 9 heteroatoms. The topological polar surface area (TPSA) is 54.2 Å². The monoisotopic (exact) mass is 346 g/mol. The van der Waals surface area contributed by atoms with Crippen LogP contribution in [-0.2, 0) is 25.9 Å². The smallest absolute Gasteiger partial charge is 0.390 e. The molecule has 3 heterocycles. The van der Waals surface area contributed by atoms with Crippen molar-refractivity contribution >= 4 is 17.4 Å². The molecule has 0 radical (unpaired) electrons. The molecule has 124 valence electrons. The first-order chi connectivity index (χ1) is 10.9. The van der Waals surface area contributed by atoms with Crippen LogP contribution in [0.3, 0.4) is 0 Å². The minimum absolute atomic E-state index is 0.0322. The van der Waals surface area contributed by atoms with E-state index in [0.29, 0.717) is 31.1 Å². The highest BCUT2D eigenvalue weighted by Gasteiger charge is 2.32. The van der Waals surface area contributed by atoms with Crippen LogP contribution in [0.25, 0.3) is 0 Å². The number of fused-ring (bicyclic) bond motifs is 1. The molecule has 0 aromatic carbocycles. The van der Waals surface area contributed by atoms with Crippen LogP contribution in [0.15, 0.2) is 18.3 Å². The van der Waals surface area contributed by atoms with Gasteiger partial charge in [-0.3, -0.25) is 4.68 Å². The van der Waals surface area contributed by atoms with Crippen molar-refractivity contribution in [2.24, 2.45) is 0 Å². The SMILES string of the molecule is OCc1cc2n(n1)CCCN(c1ncc(C(F)(F)F)cc1Cl)C2. The molecule has 0 amide bonds. The number of hydrogen-bond acceptors (Lipinski definition) is 4. The molecular weight excluding hydrogens is 333 g/mol. The maximum Gasteiger partial charge on any atom is 0.417 e. The van der Waals surface area contributed by atoms with Crippen molar-refractivity contribution in [2.45, 2.75) is 32.3 Å². The van der Waals surface area contributed by atoms with Gasteiger partial charge in [0.15, 0.2) is 0 Å². The highest BCUT2D eigenvalue weighted by molar-refractivity contribution is 6.33. The van der Waals surface area contributed by atoms with E-state index in [1.807, 2.05) is 4.90 Å². The lowest BCUT2D eigenvalue weighted by molar-refractivity contribution is -0.137. The molecule has 0 saturated carbocycles. The van der Waals surface area contributed by atoms with Gasteiger partial charge in [0.25, 0.3) is 0 Å². The summed E-state index contributed by atoms with van der Waals surface area (Å²) in [6.07, 6.45) is -2.93. The van der Waals surface area contributed by atoms with Gasteiger partial charge in [0.2, 0.25) is 0 Å². The van der Waals surface area contributed by atoms with Crippen LogP contribution in [-0.4, -0.2) is 26.4 Å². The lowest BCUT2D eigenvalue weighted by Crippen LogP contribution is -2.24. The number of halogens is 4. The summed E-state index contributed by atoms with van der Waals surface area (Å²) in [5, 5.41) is 13.4. The van der Waals surface area contributed by atoms with Crippen molar-refractivity contribution in [1.82, 2.24) is 14.8 Å². The quantitative estimate of drug-likeness (QED) is 0.908. The standard InChI is InChI=1S/C14H14ClF3N4O/c15-12-4-9(14(16,17)18)6-19-13(12)21-2-1-3-22-11(7-21)5-10(8-23)20-22/h4-6,23H,1-3,7-8H2. The van der Waals surface area contributed by atoms with Gasteiger partial charge in [-0.05, 0) is 18.6 Å². The number of hydrogen-bond donors (Lipinski definition) is 1. The number of aliphatic hydroxyl groups excluding tert-OH is 1. The van der Waals surface area contributed by atoms with Crippen LogP contribution in [0.1, 0.15) is 23.4 Å². The molecule has 0 aliphatic carbocycles. The summed E-state index contributed by atoms with van der Waals surface area (Å²) in [4.78, 5) is 5.73. The summed E-state index contributed by atoms with van der Waals surface area (Å²) in [6, 6.07) is 2.67. The molecule has 0 spiro atoms. The third-order valence-corrected chi connectivity index (χ3v) is 3.95. The van der Waals surface area contributed by atoms with Gasteiger partial charge in [-0.1, -0.05) is 11.6 Å². The molecule has 23 heavy (non-hydrogen) atoms. The summed E-state index contributed by atoms with van der Waals surface area (Å²) in [5.74, 6) is 0.319. The van der Waals surface area contributed by atoms with E-state index in [4.69, 9.17) is 16.7 Å². The third kappa shape index (κ3) is 3.28. The Morgan fingerprint density at radius 2 is 2.04 bits per heavy atom. The van der Waals surface area contributed by atoms with Gasteiger partial charge < -0.3 is 10.0 Å². The van der Waals surface area contributed by atoms with Crippen molar-refractivity contribution in [3.05, 3.63) is 40.3 Å². The first kappa shape index (κ1) is 16.1. The third-order valence-electron chi connectivity index (χ3n) is 3.68. The highest BCUT2D eigenvalue weighted by Crippen LogP contribution is 2.34. The molecule has 0 bridgehead atoms. The Bertz CT molecular complexity index is 717. The largest absolute Gasteiger partial charge is 0.417 e. The number of aromatic nitrogens is 3. The highest BCUT2D eigenvalue weighted by atomic mass is 35.5. The zero-order valence-electron chi connectivity index (χ0n) is 12.0. The van der Waals surface area contributed by atoms with Crippen molar-refractivity contribution in [3.8, 4) is 0 Å². The van der Waals surface area contributed by atoms with Gasteiger partial charge in [-0.15, -0.1) is 0 Å². The molecule has 5 nitrogen and oxygen atoms in total. The maximum absolute atomic E-state index is 12.7. The summed E-state index contributed by atoms with van der Waals surface area (Å²) >= 11 is 6.02. The van der Waals surface area contributed by atoms with Gasteiger partial charge in [-0.25, -0.2) is 4.98 Å². The predicted molar refractivity (Wildman–Crippen MR) is 78.1 cm³/mol. The fourth-order valence-electron chi connectivity index (χ4n) is 2.60. The van der Waals surface area contributed by atoms with Gasteiger partial charge in [0, 0.05) is 19.3 Å². The van der Waals surface area contributed by atoms with E-state index in [1.165, 1.54) is 0 Å². The second-order valence-electron chi connectivity index (χ2n) is 5.31. The van der Waals surface area contributed by atoms with E-state index in [-0.39, 0.29) is 11.6 Å². The van der Waals surface area contributed by atoms with E-state index in [0.717, 1.165) is 24.4 Å². The second-order valence-corrected chi connectivity index (χ2v) is 5.72. The molecule has 0 fully saturated rings. The molecule has 3 rings (SSSR count). The first-order valence-corrected chi connectivity index (χ1v) is 7.40. The predicted octanol–water partition coefficient (Wildman–Crippen LogP) is 2.85. The van der Waals surface area contributed by atoms with Crippen LogP contribution in [0.4, 0.5) is 19.0 Å². The lowest BCUT2D eigenvalue weighted by atomic mass is 10.2. The van der Waals surface area contributed by atoms with E-state index >= 15 is 0 Å².